The average Bonchev–Trinajstić information content (AvgIpc) is 2.91. The van der Waals surface area contributed by atoms with Crippen LogP contribution in [0.3, 0.4) is 0 Å². The standard InChI is InChI=1S/C11H19N3OS/c1-2-4-10-11(16-14-13-10)8-12-7-9-5-3-6-15-9/h9,12H,2-8H2,1H3. The fourth-order valence-electron chi connectivity index (χ4n) is 1.94. The Morgan fingerprint density at radius 1 is 1.56 bits per heavy atom. The zero-order valence-corrected chi connectivity index (χ0v) is 10.6. The van der Waals surface area contributed by atoms with E-state index in [1.165, 1.54) is 29.3 Å². The molecule has 16 heavy (non-hydrogen) atoms. The molecule has 1 aromatic heterocycles. The van der Waals surface area contributed by atoms with E-state index in [-0.39, 0.29) is 0 Å². The van der Waals surface area contributed by atoms with Crippen LogP contribution in [0.2, 0.25) is 0 Å². The summed E-state index contributed by atoms with van der Waals surface area (Å²) in [6, 6.07) is 0. The Balaban J connectivity index is 1.73. The lowest BCUT2D eigenvalue weighted by molar-refractivity contribution is 0.110. The maximum absolute atomic E-state index is 5.56. The minimum atomic E-state index is 0.413. The SMILES string of the molecule is CCCc1nnsc1CNCC1CCCO1. The summed E-state index contributed by atoms with van der Waals surface area (Å²) in [6.45, 7) is 4.93. The largest absolute Gasteiger partial charge is 0.377 e. The van der Waals surface area contributed by atoms with Gasteiger partial charge in [0, 0.05) is 19.7 Å². The number of aryl methyl sites for hydroxylation is 1. The Kier molecular flexibility index (Phi) is 4.69. The van der Waals surface area contributed by atoms with Crippen LogP contribution < -0.4 is 5.32 Å². The normalized spacial score (nSPS) is 20.4. The first kappa shape index (κ1) is 12.0. The lowest BCUT2D eigenvalue weighted by Gasteiger charge is -2.09. The molecule has 2 rings (SSSR count). The van der Waals surface area contributed by atoms with Crippen LogP contribution in [0.4, 0.5) is 0 Å². The molecule has 1 fully saturated rings. The van der Waals surface area contributed by atoms with Gasteiger partial charge in [0.1, 0.15) is 0 Å². The first-order valence-corrected chi connectivity index (χ1v) is 6.80. The molecule has 0 saturated carbocycles. The second kappa shape index (κ2) is 6.27. The second-order valence-electron chi connectivity index (χ2n) is 4.16. The minimum absolute atomic E-state index is 0.413. The number of ether oxygens (including phenoxy) is 1. The summed E-state index contributed by atoms with van der Waals surface area (Å²) < 4.78 is 9.57. The zero-order chi connectivity index (χ0) is 11.2. The highest BCUT2D eigenvalue weighted by Crippen LogP contribution is 2.13. The number of nitrogens with one attached hydrogen (secondary N) is 1. The van der Waals surface area contributed by atoms with Gasteiger partial charge in [0.2, 0.25) is 0 Å². The Bertz CT molecular complexity index is 310. The summed E-state index contributed by atoms with van der Waals surface area (Å²) >= 11 is 1.51. The number of nitrogens with zero attached hydrogens (tertiary/aromatic N) is 2. The van der Waals surface area contributed by atoms with Crippen molar-refractivity contribution in [2.75, 3.05) is 13.2 Å². The van der Waals surface area contributed by atoms with Crippen LogP contribution >= 0.6 is 11.5 Å². The predicted molar refractivity (Wildman–Crippen MR) is 64.6 cm³/mol. The molecule has 5 heteroatoms. The molecular formula is C11H19N3OS. The highest BCUT2D eigenvalue weighted by atomic mass is 32.1. The third-order valence-corrected chi connectivity index (χ3v) is 3.57. The van der Waals surface area contributed by atoms with Gasteiger partial charge in [-0.3, -0.25) is 0 Å². The summed E-state index contributed by atoms with van der Waals surface area (Å²) in [5.74, 6) is 0. The monoisotopic (exact) mass is 241 g/mol. The number of hydrogen-bond donors (Lipinski definition) is 1. The van der Waals surface area contributed by atoms with E-state index in [1.54, 1.807) is 0 Å². The third-order valence-electron chi connectivity index (χ3n) is 2.80. The molecular weight excluding hydrogens is 222 g/mol. The molecule has 0 aliphatic carbocycles. The lowest BCUT2D eigenvalue weighted by atomic mass is 10.2. The Labute approximate surface area is 101 Å². The predicted octanol–water partition coefficient (Wildman–Crippen LogP) is 1.76. The molecule has 0 amide bonds. The Morgan fingerprint density at radius 3 is 3.25 bits per heavy atom. The topological polar surface area (TPSA) is 47.0 Å². The molecule has 0 aromatic carbocycles. The van der Waals surface area contributed by atoms with E-state index in [1.807, 2.05) is 0 Å². The Hall–Kier alpha value is -0.520. The fraction of sp³-hybridized carbons (Fsp3) is 0.818. The summed E-state index contributed by atoms with van der Waals surface area (Å²) in [4.78, 5) is 1.28. The van der Waals surface area contributed by atoms with Gasteiger partial charge in [0.05, 0.1) is 16.7 Å². The maximum atomic E-state index is 5.56. The molecule has 1 unspecified atom stereocenters. The zero-order valence-electron chi connectivity index (χ0n) is 9.74. The summed E-state index contributed by atoms with van der Waals surface area (Å²) in [6.07, 6.45) is 4.97. The van der Waals surface area contributed by atoms with Crippen molar-refractivity contribution in [3.63, 3.8) is 0 Å². The van der Waals surface area contributed by atoms with Crippen molar-refractivity contribution >= 4 is 11.5 Å². The van der Waals surface area contributed by atoms with Crippen molar-refractivity contribution < 1.29 is 4.74 Å². The summed E-state index contributed by atoms with van der Waals surface area (Å²) in [7, 11) is 0. The first-order chi connectivity index (χ1) is 7.90. The molecule has 1 N–H and O–H groups in total. The smallest absolute Gasteiger partial charge is 0.0800 e. The van der Waals surface area contributed by atoms with Crippen LogP contribution in [0.15, 0.2) is 0 Å². The minimum Gasteiger partial charge on any atom is -0.377 e. The molecule has 0 bridgehead atoms. The van der Waals surface area contributed by atoms with Crippen molar-refractivity contribution in [3.05, 3.63) is 10.6 Å². The summed E-state index contributed by atoms with van der Waals surface area (Å²) in [5.41, 5.74) is 1.16. The van der Waals surface area contributed by atoms with E-state index in [4.69, 9.17) is 4.74 Å². The van der Waals surface area contributed by atoms with Gasteiger partial charge in [-0.05, 0) is 30.8 Å². The molecule has 1 saturated heterocycles. The molecule has 90 valence electrons. The van der Waals surface area contributed by atoms with Crippen LogP contribution in [0.5, 0.6) is 0 Å². The van der Waals surface area contributed by atoms with Gasteiger partial charge in [-0.25, -0.2) is 0 Å². The highest BCUT2D eigenvalue weighted by molar-refractivity contribution is 7.05. The van der Waals surface area contributed by atoms with Crippen LogP contribution in [0.1, 0.15) is 36.8 Å². The second-order valence-corrected chi connectivity index (χ2v) is 5.00. The summed E-state index contributed by atoms with van der Waals surface area (Å²) in [5, 5.41) is 7.59. The van der Waals surface area contributed by atoms with E-state index in [2.05, 4.69) is 21.8 Å². The van der Waals surface area contributed by atoms with Gasteiger partial charge in [-0.15, -0.1) is 5.10 Å². The van der Waals surface area contributed by atoms with Crippen LogP contribution in [-0.2, 0) is 17.7 Å². The van der Waals surface area contributed by atoms with Gasteiger partial charge in [-0.2, -0.15) is 0 Å². The van der Waals surface area contributed by atoms with Gasteiger partial charge >= 0.3 is 0 Å². The van der Waals surface area contributed by atoms with E-state index < -0.39 is 0 Å². The highest BCUT2D eigenvalue weighted by Gasteiger charge is 2.15. The van der Waals surface area contributed by atoms with Gasteiger partial charge in [0.15, 0.2) is 0 Å². The van der Waals surface area contributed by atoms with Gasteiger partial charge in [0.25, 0.3) is 0 Å². The van der Waals surface area contributed by atoms with Crippen molar-refractivity contribution in [3.8, 4) is 0 Å². The van der Waals surface area contributed by atoms with Crippen molar-refractivity contribution in [2.45, 2.75) is 45.3 Å². The average molecular weight is 241 g/mol. The third kappa shape index (κ3) is 3.23. The number of aromatic nitrogens is 2. The van der Waals surface area contributed by atoms with E-state index in [0.29, 0.717) is 6.10 Å². The lowest BCUT2D eigenvalue weighted by Crippen LogP contribution is -2.25. The van der Waals surface area contributed by atoms with Crippen molar-refractivity contribution in [1.82, 2.24) is 14.9 Å². The van der Waals surface area contributed by atoms with Crippen LogP contribution in [0.25, 0.3) is 0 Å². The molecule has 1 aromatic rings. The van der Waals surface area contributed by atoms with E-state index in [9.17, 15) is 0 Å². The van der Waals surface area contributed by atoms with E-state index in [0.717, 1.165) is 38.2 Å². The van der Waals surface area contributed by atoms with Crippen molar-refractivity contribution in [2.24, 2.45) is 0 Å². The maximum Gasteiger partial charge on any atom is 0.0800 e. The molecule has 0 spiro atoms. The number of hydrogen-bond acceptors (Lipinski definition) is 5. The first-order valence-electron chi connectivity index (χ1n) is 6.02. The quantitative estimate of drug-likeness (QED) is 0.824. The fourth-order valence-corrected chi connectivity index (χ4v) is 2.59. The Morgan fingerprint density at radius 2 is 2.50 bits per heavy atom. The molecule has 1 aliphatic heterocycles. The van der Waals surface area contributed by atoms with Crippen molar-refractivity contribution in [1.29, 1.82) is 0 Å². The molecule has 1 atom stereocenters. The van der Waals surface area contributed by atoms with Crippen LogP contribution in [0, 0.1) is 0 Å². The van der Waals surface area contributed by atoms with Gasteiger partial charge in [-0.1, -0.05) is 17.8 Å². The molecule has 0 radical (unpaired) electrons. The molecule has 1 aliphatic rings. The molecule has 2 heterocycles. The molecule has 4 nitrogen and oxygen atoms in total. The van der Waals surface area contributed by atoms with E-state index >= 15 is 0 Å². The van der Waals surface area contributed by atoms with Crippen LogP contribution in [-0.4, -0.2) is 28.8 Å². The number of rotatable bonds is 6. The van der Waals surface area contributed by atoms with Gasteiger partial charge < -0.3 is 10.1 Å².